The summed E-state index contributed by atoms with van der Waals surface area (Å²) < 4.78 is 25.0. The molecule has 0 unspecified atom stereocenters. The lowest BCUT2D eigenvalue weighted by Gasteiger charge is -2.13. The Kier molecular flexibility index (Phi) is 5.16. The van der Waals surface area contributed by atoms with Crippen molar-refractivity contribution < 1.29 is 23.8 Å². The van der Waals surface area contributed by atoms with Gasteiger partial charge in [0.2, 0.25) is 5.91 Å². The first kappa shape index (κ1) is 17.2. The Hall–Kier alpha value is -2.64. The molecule has 1 saturated heterocycles. The van der Waals surface area contributed by atoms with Gasteiger partial charge in [0, 0.05) is 18.3 Å². The van der Waals surface area contributed by atoms with Crippen molar-refractivity contribution >= 4 is 11.6 Å². The molecular weight excluding hydrogens is 327 g/mol. The number of rotatable bonds is 5. The summed E-state index contributed by atoms with van der Waals surface area (Å²) in [6, 6.07) is 10.6. The molecule has 0 radical (unpaired) electrons. The predicted octanol–water partition coefficient (Wildman–Crippen LogP) is 2.29. The third-order valence-corrected chi connectivity index (χ3v) is 3.91. The van der Waals surface area contributed by atoms with Gasteiger partial charge in [-0.1, -0.05) is 12.1 Å². The molecule has 0 aromatic heterocycles. The minimum Gasteiger partial charge on any atom is -0.493 e. The van der Waals surface area contributed by atoms with E-state index >= 15 is 0 Å². The fourth-order valence-corrected chi connectivity index (χ4v) is 2.63. The van der Waals surface area contributed by atoms with E-state index in [0.29, 0.717) is 30.2 Å². The molecule has 6 nitrogen and oxygen atoms in total. The summed E-state index contributed by atoms with van der Waals surface area (Å²) in [5.74, 6) is -0.00986. The molecule has 3 N–H and O–H groups in total. The summed E-state index contributed by atoms with van der Waals surface area (Å²) in [6.07, 6.45) is -0.201. The van der Waals surface area contributed by atoms with Crippen LogP contribution in [0.3, 0.4) is 0 Å². The van der Waals surface area contributed by atoms with Crippen LogP contribution in [0.25, 0.3) is 0 Å². The van der Waals surface area contributed by atoms with E-state index in [0.717, 1.165) is 0 Å². The van der Waals surface area contributed by atoms with Crippen molar-refractivity contribution in [3.8, 4) is 17.2 Å². The molecule has 7 heteroatoms. The van der Waals surface area contributed by atoms with Crippen LogP contribution in [0.15, 0.2) is 42.5 Å². The first-order valence-electron chi connectivity index (χ1n) is 7.89. The number of amides is 1. The Labute approximate surface area is 144 Å². The zero-order valence-electron chi connectivity index (χ0n) is 13.7. The van der Waals surface area contributed by atoms with E-state index in [2.05, 4.69) is 10.6 Å². The van der Waals surface area contributed by atoms with Gasteiger partial charge in [0.1, 0.15) is 0 Å². The van der Waals surface area contributed by atoms with Gasteiger partial charge in [0.25, 0.3) is 0 Å². The van der Waals surface area contributed by atoms with E-state index in [1.165, 1.54) is 19.2 Å². The van der Waals surface area contributed by atoms with Crippen molar-refractivity contribution in [3.63, 3.8) is 0 Å². The van der Waals surface area contributed by atoms with E-state index in [4.69, 9.17) is 9.47 Å². The molecule has 1 fully saturated rings. The molecule has 1 aliphatic heterocycles. The lowest BCUT2D eigenvalue weighted by Crippen LogP contribution is -2.35. The third kappa shape index (κ3) is 4.07. The summed E-state index contributed by atoms with van der Waals surface area (Å²) in [7, 11) is 1.51. The highest BCUT2D eigenvalue weighted by Gasteiger charge is 2.28. The normalized spacial score (nSPS) is 19.5. The van der Waals surface area contributed by atoms with Gasteiger partial charge in [-0.3, -0.25) is 4.79 Å². The van der Waals surface area contributed by atoms with Crippen LogP contribution in [-0.2, 0) is 4.79 Å². The lowest BCUT2D eigenvalue weighted by molar-refractivity contribution is -0.117. The second-order valence-corrected chi connectivity index (χ2v) is 5.74. The van der Waals surface area contributed by atoms with Crippen LogP contribution >= 0.6 is 0 Å². The molecule has 0 spiro atoms. The van der Waals surface area contributed by atoms with Gasteiger partial charge < -0.3 is 25.2 Å². The number of aliphatic hydroxyl groups excluding tert-OH is 1. The highest BCUT2D eigenvalue weighted by molar-refractivity contribution is 5.95. The van der Waals surface area contributed by atoms with Crippen LogP contribution in [0.1, 0.15) is 6.42 Å². The van der Waals surface area contributed by atoms with Crippen molar-refractivity contribution in [3.05, 3.63) is 48.3 Å². The zero-order valence-corrected chi connectivity index (χ0v) is 13.7. The Morgan fingerprint density at radius 3 is 2.64 bits per heavy atom. The van der Waals surface area contributed by atoms with E-state index in [1.54, 1.807) is 30.3 Å². The van der Waals surface area contributed by atoms with E-state index in [-0.39, 0.29) is 11.7 Å². The number of hydrogen-bond acceptors (Lipinski definition) is 5. The van der Waals surface area contributed by atoms with Gasteiger partial charge in [-0.25, -0.2) is 4.39 Å². The number of anilines is 1. The van der Waals surface area contributed by atoms with Crippen LogP contribution in [-0.4, -0.2) is 36.8 Å². The minimum atomic E-state index is -0.608. The number of halogens is 1. The average Bonchev–Trinajstić information content (AvgIpc) is 3.04. The van der Waals surface area contributed by atoms with Gasteiger partial charge in [-0.2, -0.15) is 0 Å². The number of para-hydroxylation sites is 2. The number of nitrogens with one attached hydrogen (secondary N) is 2. The second-order valence-electron chi connectivity index (χ2n) is 5.74. The Bertz CT molecular complexity index is 768. The van der Waals surface area contributed by atoms with Gasteiger partial charge in [0.15, 0.2) is 23.1 Å². The number of carbonyl (C=O) groups excluding carboxylic acids is 1. The van der Waals surface area contributed by atoms with Crippen molar-refractivity contribution in [2.45, 2.75) is 18.6 Å². The molecule has 0 aliphatic carbocycles. The van der Waals surface area contributed by atoms with Crippen LogP contribution in [0.2, 0.25) is 0 Å². The number of β-amino-alcohol motifs (C(OH)–C–C–N with tert-alkyl or cyclic N) is 1. The van der Waals surface area contributed by atoms with Crippen molar-refractivity contribution in [2.75, 3.05) is 19.0 Å². The summed E-state index contributed by atoms with van der Waals surface area (Å²) in [5.41, 5.74) is 0.318. The Morgan fingerprint density at radius 2 is 2.00 bits per heavy atom. The Morgan fingerprint density at radius 1 is 1.24 bits per heavy atom. The van der Waals surface area contributed by atoms with E-state index in [1.807, 2.05) is 0 Å². The van der Waals surface area contributed by atoms with Gasteiger partial charge in [0.05, 0.1) is 19.3 Å². The van der Waals surface area contributed by atoms with Crippen molar-refractivity contribution in [1.29, 1.82) is 0 Å². The predicted molar refractivity (Wildman–Crippen MR) is 90.5 cm³/mol. The molecule has 1 heterocycles. The summed E-state index contributed by atoms with van der Waals surface area (Å²) in [4.78, 5) is 12.1. The molecular formula is C18H19FN2O4. The summed E-state index contributed by atoms with van der Waals surface area (Å²) in [5, 5.41) is 15.0. The fraction of sp³-hybridized carbons (Fsp3) is 0.278. The van der Waals surface area contributed by atoms with Gasteiger partial charge in [-0.15, -0.1) is 0 Å². The van der Waals surface area contributed by atoms with Crippen LogP contribution in [0.5, 0.6) is 17.2 Å². The molecule has 3 rings (SSSR count). The van der Waals surface area contributed by atoms with E-state index in [9.17, 15) is 14.3 Å². The monoisotopic (exact) mass is 346 g/mol. The smallest absolute Gasteiger partial charge is 0.241 e. The second kappa shape index (κ2) is 7.50. The first-order valence-corrected chi connectivity index (χ1v) is 7.89. The molecule has 0 bridgehead atoms. The molecule has 0 saturated carbocycles. The van der Waals surface area contributed by atoms with Gasteiger partial charge >= 0.3 is 0 Å². The molecule has 25 heavy (non-hydrogen) atoms. The summed E-state index contributed by atoms with van der Waals surface area (Å²) in [6.45, 7) is 0.373. The molecule has 132 valence electrons. The highest BCUT2D eigenvalue weighted by atomic mass is 19.1. The van der Waals surface area contributed by atoms with Crippen molar-refractivity contribution in [1.82, 2.24) is 5.32 Å². The largest absolute Gasteiger partial charge is 0.493 e. The topological polar surface area (TPSA) is 79.8 Å². The Balaban J connectivity index is 1.69. The quantitative estimate of drug-likeness (QED) is 0.774. The minimum absolute atomic E-state index is 0.0249. The fourth-order valence-electron chi connectivity index (χ4n) is 2.63. The van der Waals surface area contributed by atoms with Crippen LogP contribution in [0.4, 0.5) is 10.1 Å². The standard InChI is InChI=1S/C18H19FN2O4/c1-24-16-4-2-3-5-17(16)25-15-7-6-11(8-13(15)19)21-18(23)14-9-12(22)10-20-14/h2-8,12,14,20,22H,9-10H2,1H3,(H,21,23)/t12-,14+/m0/s1. The third-order valence-electron chi connectivity index (χ3n) is 3.91. The zero-order chi connectivity index (χ0) is 17.8. The molecule has 2 aromatic carbocycles. The maximum absolute atomic E-state index is 14.3. The number of carbonyl (C=O) groups is 1. The number of hydrogen-bond donors (Lipinski definition) is 3. The number of methoxy groups -OCH3 is 1. The maximum Gasteiger partial charge on any atom is 0.241 e. The number of ether oxygens (including phenoxy) is 2. The van der Waals surface area contributed by atoms with E-state index < -0.39 is 18.0 Å². The number of aliphatic hydroxyl groups is 1. The average molecular weight is 346 g/mol. The molecule has 2 atom stereocenters. The van der Waals surface area contributed by atoms with Crippen LogP contribution < -0.4 is 20.1 Å². The maximum atomic E-state index is 14.3. The lowest BCUT2D eigenvalue weighted by atomic mass is 10.2. The van der Waals surface area contributed by atoms with Crippen molar-refractivity contribution in [2.24, 2.45) is 0 Å². The highest BCUT2D eigenvalue weighted by Crippen LogP contribution is 2.33. The van der Waals surface area contributed by atoms with Gasteiger partial charge in [-0.05, 0) is 30.7 Å². The summed E-state index contributed by atoms with van der Waals surface area (Å²) >= 11 is 0. The van der Waals surface area contributed by atoms with Crippen LogP contribution in [0, 0.1) is 5.82 Å². The number of benzene rings is 2. The SMILES string of the molecule is COc1ccccc1Oc1ccc(NC(=O)[C@H]2C[C@H](O)CN2)cc1F. The molecule has 1 amide bonds. The molecule has 1 aliphatic rings. The first-order chi connectivity index (χ1) is 12.1. The molecule has 2 aromatic rings.